The predicted octanol–water partition coefficient (Wildman–Crippen LogP) is 2.85. The third-order valence-electron chi connectivity index (χ3n) is 1.85. The van der Waals surface area contributed by atoms with Gasteiger partial charge in [-0.25, -0.2) is 4.39 Å². The van der Waals surface area contributed by atoms with Crippen molar-refractivity contribution in [2.24, 2.45) is 0 Å². The molecule has 1 amide bonds. The zero-order valence-electron chi connectivity index (χ0n) is 8.90. The van der Waals surface area contributed by atoms with Gasteiger partial charge in [-0.1, -0.05) is 29.3 Å². The first-order valence-corrected chi connectivity index (χ1v) is 5.56. The molecule has 0 spiro atoms. The minimum Gasteiger partial charge on any atom is -0.322 e. The molecule has 0 saturated carbocycles. The van der Waals surface area contributed by atoms with E-state index in [-0.39, 0.29) is 28.2 Å². The van der Waals surface area contributed by atoms with Crippen molar-refractivity contribution in [1.82, 2.24) is 5.32 Å². The van der Waals surface area contributed by atoms with Gasteiger partial charge in [-0.2, -0.15) is 0 Å². The Kier molecular flexibility index (Phi) is 5.41. The number of halogens is 3. The summed E-state index contributed by atoms with van der Waals surface area (Å²) < 4.78 is 12.9. The van der Waals surface area contributed by atoms with Gasteiger partial charge in [-0.05, 0) is 12.1 Å². The van der Waals surface area contributed by atoms with Crippen LogP contribution in [0.5, 0.6) is 0 Å². The topological polar surface area (TPSA) is 41.1 Å². The van der Waals surface area contributed by atoms with Gasteiger partial charge in [0.05, 0.1) is 22.3 Å². The summed E-state index contributed by atoms with van der Waals surface area (Å²) in [5, 5.41) is 5.44. The van der Waals surface area contributed by atoms with E-state index in [2.05, 4.69) is 17.2 Å². The molecule has 0 unspecified atom stereocenters. The van der Waals surface area contributed by atoms with E-state index in [9.17, 15) is 9.18 Å². The maximum atomic E-state index is 12.9. The molecule has 92 valence electrons. The molecule has 1 aromatic carbocycles. The molecule has 17 heavy (non-hydrogen) atoms. The normalized spacial score (nSPS) is 10.1. The summed E-state index contributed by atoms with van der Waals surface area (Å²) in [6, 6.07) is 2.17. The lowest BCUT2D eigenvalue weighted by Gasteiger charge is -2.09. The largest absolute Gasteiger partial charge is 0.322 e. The SMILES string of the molecule is C=CCNCC(=O)Nc1c(Cl)cc(F)cc1Cl. The van der Waals surface area contributed by atoms with Crippen LogP contribution in [0, 0.1) is 5.82 Å². The van der Waals surface area contributed by atoms with E-state index < -0.39 is 5.82 Å². The van der Waals surface area contributed by atoms with Gasteiger partial charge in [-0.15, -0.1) is 6.58 Å². The standard InChI is InChI=1S/C11H11Cl2FN2O/c1-2-3-15-6-10(17)16-11-8(12)4-7(14)5-9(11)13/h2,4-5,15H,1,3,6H2,(H,16,17). The highest BCUT2D eigenvalue weighted by Crippen LogP contribution is 2.31. The van der Waals surface area contributed by atoms with Gasteiger partial charge in [0.1, 0.15) is 5.82 Å². The smallest absolute Gasteiger partial charge is 0.238 e. The van der Waals surface area contributed by atoms with Crippen molar-refractivity contribution >= 4 is 34.8 Å². The van der Waals surface area contributed by atoms with Crippen molar-refractivity contribution in [3.05, 3.63) is 40.7 Å². The van der Waals surface area contributed by atoms with Crippen LogP contribution in [-0.2, 0) is 4.79 Å². The lowest BCUT2D eigenvalue weighted by molar-refractivity contribution is -0.115. The summed E-state index contributed by atoms with van der Waals surface area (Å²) >= 11 is 11.5. The van der Waals surface area contributed by atoms with Crippen LogP contribution in [0.3, 0.4) is 0 Å². The first kappa shape index (κ1) is 14.0. The first-order valence-electron chi connectivity index (χ1n) is 4.80. The molecule has 0 aromatic heterocycles. The molecule has 0 saturated heterocycles. The van der Waals surface area contributed by atoms with Gasteiger partial charge in [0.15, 0.2) is 0 Å². The Morgan fingerprint density at radius 1 is 1.41 bits per heavy atom. The summed E-state index contributed by atoms with van der Waals surface area (Å²) in [4.78, 5) is 11.5. The number of hydrogen-bond donors (Lipinski definition) is 2. The summed E-state index contributed by atoms with van der Waals surface area (Å²) in [6.45, 7) is 4.11. The van der Waals surface area contributed by atoms with Crippen LogP contribution in [0.2, 0.25) is 10.0 Å². The van der Waals surface area contributed by atoms with Crippen LogP contribution in [0.4, 0.5) is 10.1 Å². The van der Waals surface area contributed by atoms with Crippen LogP contribution in [0.1, 0.15) is 0 Å². The maximum absolute atomic E-state index is 12.9. The molecule has 2 N–H and O–H groups in total. The van der Waals surface area contributed by atoms with Crippen LogP contribution >= 0.6 is 23.2 Å². The summed E-state index contributed by atoms with van der Waals surface area (Å²) in [5.41, 5.74) is 0.208. The second-order valence-electron chi connectivity index (χ2n) is 3.21. The minimum atomic E-state index is -0.553. The molecule has 0 aliphatic rings. The lowest BCUT2D eigenvalue weighted by Crippen LogP contribution is -2.28. The van der Waals surface area contributed by atoms with E-state index >= 15 is 0 Å². The molecule has 0 fully saturated rings. The summed E-state index contributed by atoms with van der Waals surface area (Å²) in [7, 11) is 0. The van der Waals surface area contributed by atoms with Crippen molar-refractivity contribution in [3.8, 4) is 0 Å². The molecule has 3 nitrogen and oxygen atoms in total. The molecular weight excluding hydrogens is 266 g/mol. The van der Waals surface area contributed by atoms with Gasteiger partial charge in [0.25, 0.3) is 0 Å². The minimum absolute atomic E-state index is 0.0621. The number of benzene rings is 1. The van der Waals surface area contributed by atoms with E-state index in [4.69, 9.17) is 23.2 Å². The van der Waals surface area contributed by atoms with Gasteiger partial charge in [0.2, 0.25) is 5.91 Å². The Hall–Kier alpha value is -1.10. The second-order valence-corrected chi connectivity index (χ2v) is 4.03. The number of carbonyl (C=O) groups excluding carboxylic acids is 1. The van der Waals surface area contributed by atoms with Crippen LogP contribution in [0.15, 0.2) is 24.8 Å². The van der Waals surface area contributed by atoms with Crippen LogP contribution in [0.25, 0.3) is 0 Å². The fourth-order valence-electron chi connectivity index (χ4n) is 1.13. The molecule has 1 aromatic rings. The van der Waals surface area contributed by atoms with Crippen molar-refractivity contribution in [2.75, 3.05) is 18.4 Å². The average Bonchev–Trinajstić information content (AvgIpc) is 2.24. The number of amides is 1. The van der Waals surface area contributed by atoms with E-state index in [0.29, 0.717) is 6.54 Å². The van der Waals surface area contributed by atoms with Gasteiger partial charge < -0.3 is 10.6 Å². The zero-order chi connectivity index (χ0) is 12.8. The number of rotatable bonds is 5. The monoisotopic (exact) mass is 276 g/mol. The fourth-order valence-corrected chi connectivity index (χ4v) is 1.69. The molecule has 0 bridgehead atoms. The van der Waals surface area contributed by atoms with Crippen LogP contribution < -0.4 is 10.6 Å². The van der Waals surface area contributed by atoms with E-state index in [1.54, 1.807) is 6.08 Å². The zero-order valence-corrected chi connectivity index (χ0v) is 10.4. The fraction of sp³-hybridized carbons (Fsp3) is 0.182. The molecule has 1 rings (SSSR count). The van der Waals surface area contributed by atoms with Crippen LogP contribution in [-0.4, -0.2) is 19.0 Å². The van der Waals surface area contributed by atoms with Crippen molar-refractivity contribution < 1.29 is 9.18 Å². The summed E-state index contributed by atoms with van der Waals surface area (Å²) in [5.74, 6) is -0.870. The second kappa shape index (κ2) is 6.59. The number of anilines is 1. The van der Waals surface area contributed by atoms with Gasteiger partial charge >= 0.3 is 0 Å². The van der Waals surface area contributed by atoms with E-state index in [1.807, 2.05) is 0 Å². The molecule has 0 aliphatic heterocycles. The highest BCUT2D eigenvalue weighted by atomic mass is 35.5. The summed E-state index contributed by atoms with van der Waals surface area (Å²) in [6.07, 6.45) is 1.63. The Bertz CT molecular complexity index is 414. The van der Waals surface area contributed by atoms with E-state index in [1.165, 1.54) is 0 Å². The van der Waals surface area contributed by atoms with Crippen molar-refractivity contribution in [2.45, 2.75) is 0 Å². The van der Waals surface area contributed by atoms with E-state index in [0.717, 1.165) is 12.1 Å². The number of hydrogen-bond acceptors (Lipinski definition) is 2. The predicted molar refractivity (Wildman–Crippen MR) is 68.1 cm³/mol. The first-order chi connectivity index (χ1) is 8.04. The molecule has 0 aliphatic carbocycles. The van der Waals surface area contributed by atoms with Gasteiger partial charge in [-0.3, -0.25) is 4.79 Å². The Labute approximate surface area is 109 Å². The number of carbonyl (C=O) groups is 1. The Balaban J connectivity index is 2.68. The highest BCUT2D eigenvalue weighted by molar-refractivity contribution is 6.39. The Morgan fingerprint density at radius 2 is 2.00 bits per heavy atom. The molecule has 0 heterocycles. The van der Waals surface area contributed by atoms with Crippen molar-refractivity contribution in [1.29, 1.82) is 0 Å². The third kappa shape index (κ3) is 4.34. The molecule has 6 heteroatoms. The van der Waals surface area contributed by atoms with Gasteiger partial charge in [0, 0.05) is 6.54 Å². The lowest BCUT2D eigenvalue weighted by atomic mass is 10.3. The molecule has 0 atom stereocenters. The number of nitrogens with one attached hydrogen (secondary N) is 2. The maximum Gasteiger partial charge on any atom is 0.238 e. The molecule has 0 radical (unpaired) electrons. The van der Waals surface area contributed by atoms with Crippen molar-refractivity contribution in [3.63, 3.8) is 0 Å². The average molecular weight is 277 g/mol. The highest BCUT2D eigenvalue weighted by Gasteiger charge is 2.11. The third-order valence-corrected chi connectivity index (χ3v) is 2.44. The quantitative estimate of drug-likeness (QED) is 0.642. The molecular formula is C11H11Cl2FN2O. The Morgan fingerprint density at radius 3 is 2.53 bits per heavy atom.